The molecule has 0 amide bonds. The van der Waals surface area contributed by atoms with E-state index in [9.17, 15) is 8.42 Å². The van der Waals surface area contributed by atoms with Crippen LogP contribution in [0.2, 0.25) is 0 Å². The molecule has 1 aromatic rings. The minimum Gasteiger partial charge on any atom is -0.493 e. The molecule has 5 nitrogen and oxygen atoms in total. The summed E-state index contributed by atoms with van der Waals surface area (Å²) < 4.78 is 32.7. The first-order valence-electron chi connectivity index (χ1n) is 7.43. The third kappa shape index (κ3) is 4.18. The van der Waals surface area contributed by atoms with Gasteiger partial charge in [-0.25, -0.2) is 13.1 Å². The van der Waals surface area contributed by atoms with E-state index >= 15 is 0 Å². The molecule has 0 spiro atoms. The van der Waals surface area contributed by atoms with Crippen LogP contribution in [-0.2, 0) is 16.4 Å². The zero-order chi connectivity index (χ0) is 15.3. The molecule has 1 unspecified atom stereocenters. The lowest BCUT2D eigenvalue weighted by Gasteiger charge is -2.16. The van der Waals surface area contributed by atoms with Gasteiger partial charge in [0.1, 0.15) is 5.75 Å². The van der Waals surface area contributed by atoms with E-state index < -0.39 is 10.0 Å². The van der Waals surface area contributed by atoms with Gasteiger partial charge in [0.05, 0.1) is 11.5 Å². The number of benzene rings is 1. The molecule has 6 heteroatoms. The van der Waals surface area contributed by atoms with E-state index in [-0.39, 0.29) is 17.4 Å². The van der Waals surface area contributed by atoms with Gasteiger partial charge in [0.15, 0.2) is 0 Å². The number of hydrogen-bond acceptors (Lipinski definition) is 4. The Morgan fingerprint density at radius 2 is 2.19 bits per heavy atom. The average Bonchev–Trinajstić information content (AvgIpc) is 2.92. The van der Waals surface area contributed by atoms with Crippen molar-refractivity contribution in [3.05, 3.63) is 23.8 Å². The van der Waals surface area contributed by atoms with Gasteiger partial charge in [-0.2, -0.15) is 0 Å². The number of hydrogen-bond donors (Lipinski definition) is 2. The van der Waals surface area contributed by atoms with E-state index in [0.29, 0.717) is 19.6 Å². The SMILES string of the molecule is CCCC(CCO)CNS(=O)(=O)c1ccc2c(c1)CCO2. The fourth-order valence-corrected chi connectivity index (χ4v) is 3.75. The number of aliphatic hydroxyl groups excluding tert-OH is 1. The number of aliphatic hydroxyl groups is 1. The normalized spacial score (nSPS) is 15.5. The van der Waals surface area contributed by atoms with Crippen LogP contribution < -0.4 is 9.46 Å². The van der Waals surface area contributed by atoms with Gasteiger partial charge >= 0.3 is 0 Å². The molecule has 1 heterocycles. The van der Waals surface area contributed by atoms with Gasteiger partial charge in [-0.1, -0.05) is 13.3 Å². The quantitative estimate of drug-likeness (QED) is 0.766. The van der Waals surface area contributed by atoms with Crippen LogP contribution in [-0.4, -0.2) is 33.3 Å². The van der Waals surface area contributed by atoms with Gasteiger partial charge in [0.2, 0.25) is 10.0 Å². The molecule has 0 aromatic heterocycles. The molecule has 0 aliphatic carbocycles. The molecule has 1 aliphatic rings. The van der Waals surface area contributed by atoms with Crippen LogP contribution in [0.4, 0.5) is 0 Å². The monoisotopic (exact) mass is 313 g/mol. The van der Waals surface area contributed by atoms with E-state index in [0.717, 1.165) is 30.6 Å². The Kier molecular flexibility index (Phi) is 5.61. The number of nitrogens with one attached hydrogen (secondary N) is 1. The van der Waals surface area contributed by atoms with E-state index in [4.69, 9.17) is 9.84 Å². The van der Waals surface area contributed by atoms with Crippen LogP contribution in [0.5, 0.6) is 5.75 Å². The Labute approximate surface area is 126 Å². The minimum atomic E-state index is -3.50. The number of rotatable bonds is 8. The maximum Gasteiger partial charge on any atom is 0.240 e. The molecule has 2 rings (SSSR count). The summed E-state index contributed by atoms with van der Waals surface area (Å²) in [6.45, 7) is 3.12. The zero-order valence-corrected chi connectivity index (χ0v) is 13.2. The first-order chi connectivity index (χ1) is 10.1. The molecule has 2 N–H and O–H groups in total. The van der Waals surface area contributed by atoms with E-state index in [2.05, 4.69) is 11.6 Å². The molecule has 21 heavy (non-hydrogen) atoms. The zero-order valence-electron chi connectivity index (χ0n) is 12.3. The second-order valence-electron chi connectivity index (χ2n) is 5.39. The van der Waals surface area contributed by atoms with Crippen LogP contribution in [0.15, 0.2) is 23.1 Å². The highest BCUT2D eigenvalue weighted by Crippen LogP contribution is 2.27. The molecule has 0 radical (unpaired) electrons. The van der Waals surface area contributed by atoms with Crippen LogP contribution in [0, 0.1) is 5.92 Å². The van der Waals surface area contributed by atoms with Crippen molar-refractivity contribution >= 4 is 10.0 Å². The summed E-state index contributed by atoms with van der Waals surface area (Å²) in [7, 11) is -3.50. The van der Waals surface area contributed by atoms with Gasteiger partial charge in [-0.05, 0) is 42.5 Å². The summed E-state index contributed by atoms with van der Waals surface area (Å²) in [6, 6.07) is 4.98. The largest absolute Gasteiger partial charge is 0.493 e. The van der Waals surface area contributed by atoms with Crippen molar-refractivity contribution in [1.29, 1.82) is 0 Å². The number of ether oxygens (including phenoxy) is 1. The van der Waals surface area contributed by atoms with Crippen molar-refractivity contribution < 1.29 is 18.3 Å². The predicted octanol–water partition coefficient (Wildman–Crippen LogP) is 1.70. The lowest BCUT2D eigenvalue weighted by atomic mass is 10.0. The first kappa shape index (κ1) is 16.3. The summed E-state index contributed by atoms with van der Waals surface area (Å²) in [6.07, 6.45) is 3.25. The van der Waals surface area contributed by atoms with Gasteiger partial charge in [-0.15, -0.1) is 0 Å². The molecule has 1 atom stereocenters. The molecule has 0 bridgehead atoms. The van der Waals surface area contributed by atoms with Crippen LogP contribution in [0.1, 0.15) is 31.7 Å². The molecular weight excluding hydrogens is 290 g/mol. The van der Waals surface area contributed by atoms with E-state index in [1.165, 1.54) is 0 Å². The van der Waals surface area contributed by atoms with Crippen LogP contribution in [0.25, 0.3) is 0 Å². The Balaban J connectivity index is 2.04. The fourth-order valence-electron chi connectivity index (χ4n) is 2.58. The van der Waals surface area contributed by atoms with Crippen molar-refractivity contribution in [3.8, 4) is 5.75 Å². The van der Waals surface area contributed by atoms with E-state index in [1.54, 1.807) is 18.2 Å². The topological polar surface area (TPSA) is 75.6 Å². The van der Waals surface area contributed by atoms with Crippen molar-refractivity contribution in [2.45, 2.75) is 37.5 Å². The maximum atomic E-state index is 12.3. The highest BCUT2D eigenvalue weighted by atomic mass is 32.2. The number of fused-ring (bicyclic) bond motifs is 1. The fraction of sp³-hybridized carbons (Fsp3) is 0.600. The second kappa shape index (κ2) is 7.24. The Morgan fingerprint density at radius 3 is 2.90 bits per heavy atom. The summed E-state index contributed by atoms with van der Waals surface area (Å²) >= 11 is 0. The maximum absolute atomic E-state index is 12.3. The summed E-state index contributed by atoms with van der Waals surface area (Å²) in [5.74, 6) is 0.950. The third-order valence-corrected chi connectivity index (χ3v) is 5.19. The Bertz CT molecular complexity index is 565. The Hall–Kier alpha value is -1.11. The van der Waals surface area contributed by atoms with Crippen LogP contribution in [0.3, 0.4) is 0 Å². The average molecular weight is 313 g/mol. The summed E-state index contributed by atoms with van der Waals surface area (Å²) in [4.78, 5) is 0.283. The van der Waals surface area contributed by atoms with E-state index in [1.807, 2.05) is 0 Å². The summed E-state index contributed by atoms with van der Waals surface area (Å²) in [5, 5.41) is 9.02. The van der Waals surface area contributed by atoms with Crippen molar-refractivity contribution in [2.24, 2.45) is 5.92 Å². The van der Waals surface area contributed by atoms with Gasteiger partial charge < -0.3 is 9.84 Å². The molecule has 0 saturated carbocycles. The first-order valence-corrected chi connectivity index (χ1v) is 8.91. The standard InChI is InChI=1S/C15H23NO4S/c1-2-3-12(6-8-17)11-16-21(18,19)14-4-5-15-13(10-14)7-9-20-15/h4-5,10,12,16-17H,2-3,6-9,11H2,1H3. The molecule has 118 valence electrons. The smallest absolute Gasteiger partial charge is 0.240 e. The van der Waals surface area contributed by atoms with Crippen molar-refractivity contribution in [1.82, 2.24) is 4.72 Å². The second-order valence-corrected chi connectivity index (χ2v) is 7.15. The third-order valence-electron chi connectivity index (χ3n) is 3.77. The molecule has 0 saturated heterocycles. The lowest BCUT2D eigenvalue weighted by Crippen LogP contribution is -2.30. The van der Waals surface area contributed by atoms with Crippen LogP contribution >= 0.6 is 0 Å². The van der Waals surface area contributed by atoms with Gasteiger partial charge in [0, 0.05) is 19.6 Å². The molecule has 1 aromatic carbocycles. The Morgan fingerprint density at radius 1 is 1.38 bits per heavy atom. The molecule has 0 fully saturated rings. The van der Waals surface area contributed by atoms with Gasteiger partial charge in [0.25, 0.3) is 0 Å². The minimum absolute atomic E-state index is 0.0859. The molecular formula is C15H23NO4S. The lowest BCUT2D eigenvalue weighted by molar-refractivity contribution is 0.251. The highest BCUT2D eigenvalue weighted by Gasteiger charge is 2.20. The van der Waals surface area contributed by atoms with Gasteiger partial charge in [-0.3, -0.25) is 0 Å². The summed E-state index contributed by atoms with van der Waals surface area (Å²) in [5.41, 5.74) is 0.943. The highest BCUT2D eigenvalue weighted by molar-refractivity contribution is 7.89. The van der Waals surface area contributed by atoms with Crippen molar-refractivity contribution in [2.75, 3.05) is 19.8 Å². The predicted molar refractivity (Wildman–Crippen MR) is 80.9 cm³/mol. The van der Waals surface area contributed by atoms with Crippen molar-refractivity contribution in [3.63, 3.8) is 0 Å². The number of sulfonamides is 1. The molecule has 1 aliphatic heterocycles.